The third kappa shape index (κ3) is 4.29. The molecule has 1 aromatic heterocycles. The molecule has 0 radical (unpaired) electrons. The molecule has 0 spiro atoms. The van der Waals surface area contributed by atoms with Crippen molar-refractivity contribution in [2.75, 3.05) is 11.8 Å². The van der Waals surface area contributed by atoms with Crippen LogP contribution in [0.25, 0.3) is 0 Å². The number of nitrogens with one attached hydrogen (secondary N) is 2. The Morgan fingerprint density at radius 2 is 1.90 bits per heavy atom. The van der Waals surface area contributed by atoms with Crippen molar-refractivity contribution >= 4 is 74.8 Å². The van der Waals surface area contributed by atoms with Gasteiger partial charge >= 0.3 is 0 Å². The smallest absolute Gasteiger partial charge is 0.263 e. The Balaban J connectivity index is 2.34. The van der Waals surface area contributed by atoms with Gasteiger partial charge in [-0.3, -0.25) is 4.72 Å². The van der Waals surface area contributed by atoms with Crippen LogP contribution in [0.2, 0.25) is 0 Å². The minimum Gasteiger partial charge on any atom is -0.315 e. The molecule has 0 atom stereocenters. The predicted molar refractivity (Wildman–Crippen MR) is 97.4 cm³/mol. The molecule has 0 aliphatic heterocycles. The van der Waals surface area contributed by atoms with Crippen LogP contribution >= 0.6 is 59.1 Å². The number of rotatable bonds is 5. The molecule has 0 saturated carbocycles. The summed E-state index contributed by atoms with van der Waals surface area (Å²) in [4.78, 5) is 1.19. The number of sulfonamides is 1. The third-order valence-electron chi connectivity index (χ3n) is 2.52. The maximum absolute atomic E-state index is 12.5. The molecule has 9 heteroatoms. The molecule has 21 heavy (non-hydrogen) atoms. The maximum atomic E-state index is 12.5. The second-order valence-electron chi connectivity index (χ2n) is 4.11. The van der Waals surface area contributed by atoms with Crippen LogP contribution in [0.15, 0.2) is 41.9 Å². The molecule has 0 bridgehead atoms. The van der Waals surface area contributed by atoms with Crippen molar-refractivity contribution in [3.05, 3.63) is 41.9 Å². The second-order valence-corrected chi connectivity index (χ2v) is 9.99. The zero-order valence-corrected chi connectivity index (χ0v) is 17.2. The Hall–Kier alpha value is 0.0700. The zero-order chi connectivity index (χ0) is 15.6. The largest absolute Gasteiger partial charge is 0.315 e. The van der Waals surface area contributed by atoms with E-state index in [0.717, 1.165) is 9.35 Å². The van der Waals surface area contributed by atoms with E-state index in [9.17, 15) is 8.42 Å². The minimum atomic E-state index is -3.64. The average molecular weight is 519 g/mol. The van der Waals surface area contributed by atoms with Crippen LogP contribution in [0.3, 0.4) is 0 Å². The van der Waals surface area contributed by atoms with Crippen LogP contribution in [0.1, 0.15) is 4.88 Å². The van der Waals surface area contributed by atoms with Crippen molar-refractivity contribution in [2.24, 2.45) is 0 Å². The van der Waals surface area contributed by atoms with Crippen LogP contribution in [0, 0.1) is 0 Å². The molecular weight excluding hydrogens is 508 g/mol. The zero-order valence-electron chi connectivity index (χ0n) is 10.8. The monoisotopic (exact) mass is 516 g/mol. The number of anilines is 1. The van der Waals surface area contributed by atoms with Crippen LogP contribution < -0.4 is 10.0 Å². The Morgan fingerprint density at radius 1 is 1.19 bits per heavy atom. The molecule has 2 N–H and O–H groups in total. The molecular formula is C12H11Br3N2O2S2. The SMILES string of the molecule is CNCc1cc(S(=O)(=O)Nc2ccc(Br)cc2Br)c(Br)s1. The van der Waals surface area contributed by atoms with Gasteiger partial charge in [0.25, 0.3) is 10.0 Å². The molecule has 0 unspecified atom stereocenters. The van der Waals surface area contributed by atoms with Gasteiger partial charge in [0.1, 0.15) is 4.90 Å². The Labute approximate surface area is 152 Å². The number of hydrogen-bond acceptors (Lipinski definition) is 4. The first-order valence-electron chi connectivity index (χ1n) is 5.74. The summed E-state index contributed by atoms with van der Waals surface area (Å²) < 4.78 is 29.7. The highest BCUT2D eigenvalue weighted by Crippen LogP contribution is 2.34. The summed E-state index contributed by atoms with van der Waals surface area (Å²) in [5, 5.41) is 3.00. The average Bonchev–Trinajstić information content (AvgIpc) is 2.75. The fourth-order valence-electron chi connectivity index (χ4n) is 1.61. The van der Waals surface area contributed by atoms with Crippen LogP contribution in [0.5, 0.6) is 0 Å². The highest BCUT2D eigenvalue weighted by atomic mass is 79.9. The van der Waals surface area contributed by atoms with Gasteiger partial charge in [0, 0.05) is 20.4 Å². The summed E-state index contributed by atoms with van der Waals surface area (Å²) in [6, 6.07) is 6.92. The first-order valence-corrected chi connectivity index (χ1v) is 10.4. The van der Waals surface area contributed by atoms with Gasteiger partial charge in [0.15, 0.2) is 0 Å². The summed E-state index contributed by atoms with van der Waals surface area (Å²) >= 11 is 11.4. The van der Waals surface area contributed by atoms with E-state index in [4.69, 9.17) is 0 Å². The molecule has 0 amide bonds. The Bertz CT molecular complexity index is 760. The first-order chi connectivity index (χ1) is 9.83. The lowest BCUT2D eigenvalue weighted by atomic mass is 10.3. The van der Waals surface area contributed by atoms with E-state index in [0.29, 0.717) is 20.5 Å². The number of thiophene rings is 1. The van der Waals surface area contributed by atoms with E-state index in [-0.39, 0.29) is 4.90 Å². The summed E-state index contributed by atoms with van der Waals surface area (Å²) in [5.74, 6) is 0. The lowest BCUT2D eigenvalue weighted by Gasteiger charge is -2.09. The van der Waals surface area contributed by atoms with Crippen molar-refractivity contribution in [1.82, 2.24) is 5.32 Å². The lowest BCUT2D eigenvalue weighted by molar-refractivity contribution is 0.601. The van der Waals surface area contributed by atoms with Gasteiger partial charge in [-0.1, -0.05) is 15.9 Å². The van der Waals surface area contributed by atoms with Crippen molar-refractivity contribution in [2.45, 2.75) is 11.4 Å². The molecule has 0 aliphatic rings. The van der Waals surface area contributed by atoms with Gasteiger partial charge in [-0.25, -0.2) is 8.42 Å². The minimum absolute atomic E-state index is 0.243. The highest BCUT2D eigenvalue weighted by Gasteiger charge is 2.21. The van der Waals surface area contributed by atoms with E-state index in [1.54, 1.807) is 24.3 Å². The van der Waals surface area contributed by atoms with E-state index >= 15 is 0 Å². The second kappa shape index (κ2) is 7.10. The van der Waals surface area contributed by atoms with Crippen molar-refractivity contribution in [3.63, 3.8) is 0 Å². The van der Waals surface area contributed by atoms with Gasteiger partial charge < -0.3 is 5.32 Å². The third-order valence-corrected chi connectivity index (χ3v) is 7.29. The van der Waals surface area contributed by atoms with Crippen molar-refractivity contribution in [1.29, 1.82) is 0 Å². The molecule has 2 aromatic rings. The van der Waals surface area contributed by atoms with Crippen LogP contribution in [-0.4, -0.2) is 15.5 Å². The Morgan fingerprint density at radius 3 is 2.52 bits per heavy atom. The molecule has 1 heterocycles. The topological polar surface area (TPSA) is 58.2 Å². The van der Waals surface area contributed by atoms with Gasteiger partial charge in [-0.15, -0.1) is 11.3 Å². The number of hydrogen-bond donors (Lipinski definition) is 2. The molecule has 0 saturated heterocycles. The van der Waals surface area contributed by atoms with Crippen LogP contribution in [0.4, 0.5) is 5.69 Å². The van der Waals surface area contributed by atoms with Gasteiger partial charge in [0.2, 0.25) is 0 Å². The number of halogens is 3. The summed E-state index contributed by atoms with van der Waals surface area (Å²) in [6.07, 6.45) is 0. The standard InChI is InChI=1S/C12H11Br3N2O2S2/c1-16-6-8-5-11(12(15)20-8)21(18,19)17-10-3-2-7(13)4-9(10)14/h2-5,16-17H,6H2,1H3. The molecule has 114 valence electrons. The fourth-order valence-corrected chi connectivity index (χ4v) is 6.67. The molecule has 0 aliphatic carbocycles. The van der Waals surface area contributed by atoms with Crippen molar-refractivity contribution in [3.8, 4) is 0 Å². The Kier molecular flexibility index (Phi) is 5.89. The summed E-state index contributed by atoms with van der Waals surface area (Å²) in [5.41, 5.74) is 0.492. The lowest BCUT2D eigenvalue weighted by Crippen LogP contribution is -2.13. The maximum Gasteiger partial charge on any atom is 0.263 e. The summed E-state index contributed by atoms with van der Waals surface area (Å²) in [7, 11) is -1.82. The van der Waals surface area contributed by atoms with E-state index in [1.165, 1.54) is 11.3 Å². The van der Waals surface area contributed by atoms with E-state index < -0.39 is 10.0 Å². The fraction of sp³-hybridized carbons (Fsp3) is 0.167. The first kappa shape index (κ1) is 17.4. The highest BCUT2D eigenvalue weighted by molar-refractivity contribution is 9.11. The van der Waals surface area contributed by atoms with E-state index in [2.05, 4.69) is 57.8 Å². The normalized spacial score (nSPS) is 11.6. The van der Waals surface area contributed by atoms with E-state index in [1.807, 2.05) is 7.05 Å². The number of benzene rings is 1. The predicted octanol–water partition coefficient (Wildman–Crippen LogP) is 4.56. The molecule has 1 aromatic carbocycles. The molecule has 4 nitrogen and oxygen atoms in total. The summed E-state index contributed by atoms with van der Waals surface area (Å²) in [6.45, 7) is 0.626. The quantitative estimate of drug-likeness (QED) is 0.610. The molecule has 0 fully saturated rings. The van der Waals surface area contributed by atoms with Crippen molar-refractivity contribution < 1.29 is 8.42 Å². The molecule has 2 rings (SSSR count). The van der Waals surface area contributed by atoms with Crippen LogP contribution in [-0.2, 0) is 16.6 Å². The van der Waals surface area contributed by atoms with Gasteiger partial charge in [0.05, 0.1) is 9.47 Å². The van der Waals surface area contributed by atoms with Gasteiger partial charge in [-0.2, -0.15) is 0 Å². The van der Waals surface area contributed by atoms with Gasteiger partial charge in [-0.05, 0) is 63.2 Å².